The van der Waals surface area contributed by atoms with E-state index in [1.54, 1.807) is 7.11 Å². The van der Waals surface area contributed by atoms with Crippen LogP contribution in [0.5, 0.6) is 5.75 Å². The predicted molar refractivity (Wildman–Crippen MR) is 47.2 cm³/mol. The van der Waals surface area contributed by atoms with Crippen LogP contribution in [0.3, 0.4) is 0 Å². The monoisotopic (exact) mass is 263 g/mol. The highest BCUT2D eigenvalue weighted by molar-refractivity contribution is 9.11. The summed E-state index contributed by atoms with van der Waals surface area (Å²) in [6, 6.07) is 6.70. The van der Waals surface area contributed by atoms with E-state index in [4.69, 9.17) is 4.74 Å². The van der Waals surface area contributed by atoms with Gasteiger partial charge < -0.3 is 4.74 Å². The molecule has 0 saturated heterocycles. The summed E-state index contributed by atoms with van der Waals surface area (Å²) in [5.74, 6) is 0.817. The average molecular weight is 265 g/mol. The van der Waals surface area contributed by atoms with E-state index >= 15 is 0 Å². The molecule has 0 heterocycles. The van der Waals surface area contributed by atoms with Crippen LogP contribution in [0.15, 0.2) is 21.1 Å². The zero-order valence-corrected chi connectivity index (χ0v) is 8.49. The molecule has 10 heavy (non-hydrogen) atoms. The highest BCUT2D eigenvalue weighted by atomic mass is 79.9. The Morgan fingerprint density at radius 2 is 1.80 bits per heavy atom. The van der Waals surface area contributed by atoms with Crippen molar-refractivity contribution >= 4 is 31.9 Å². The smallest absolute Gasteiger partial charge is 0.121 e. The van der Waals surface area contributed by atoms with Gasteiger partial charge in [-0.15, -0.1) is 0 Å². The van der Waals surface area contributed by atoms with E-state index in [0.29, 0.717) is 0 Å². The highest BCUT2D eigenvalue weighted by Gasteiger charge is 1.95. The average Bonchev–Trinajstić information content (AvgIpc) is 1.85. The molecule has 53 valence electrons. The lowest BCUT2D eigenvalue weighted by molar-refractivity contribution is 0.414. The van der Waals surface area contributed by atoms with Crippen LogP contribution in [-0.2, 0) is 0 Å². The molecule has 1 aromatic rings. The van der Waals surface area contributed by atoms with Crippen molar-refractivity contribution in [3.05, 3.63) is 27.1 Å². The van der Waals surface area contributed by atoms with Gasteiger partial charge >= 0.3 is 0 Å². The number of hydrogen-bond acceptors (Lipinski definition) is 1. The van der Waals surface area contributed by atoms with Crippen LogP contribution in [-0.4, -0.2) is 7.11 Å². The van der Waals surface area contributed by atoms with Crippen LogP contribution in [0, 0.1) is 6.07 Å². The fourth-order valence-corrected chi connectivity index (χ4v) is 1.74. The highest BCUT2D eigenvalue weighted by Crippen LogP contribution is 2.23. The van der Waals surface area contributed by atoms with E-state index in [2.05, 4.69) is 37.9 Å². The molecule has 0 spiro atoms. The van der Waals surface area contributed by atoms with Gasteiger partial charge in [-0.25, -0.2) is 0 Å². The maximum atomic E-state index is 5.00. The first-order chi connectivity index (χ1) is 4.72. The Kier molecular flexibility index (Phi) is 2.74. The van der Waals surface area contributed by atoms with E-state index in [1.165, 1.54) is 0 Å². The molecule has 3 heteroatoms. The maximum absolute atomic E-state index is 5.00. The Morgan fingerprint density at radius 1 is 1.30 bits per heavy atom. The van der Waals surface area contributed by atoms with Gasteiger partial charge in [0.15, 0.2) is 0 Å². The third kappa shape index (κ3) is 1.99. The fraction of sp³-hybridized carbons (Fsp3) is 0.143. The van der Waals surface area contributed by atoms with Crippen molar-refractivity contribution in [2.75, 3.05) is 7.11 Å². The number of rotatable bonds is 1. The lowest BCUT2D eigenvalue weighted by Crippen LogP contribution is -1.81. The number of halogens is 2. The van der Waals surface area contributed by atoms with Crippen molar-refractivity contribution in [2.24, 2.45) is 0 Å². The van der Waals surface area contributed by atoms with Crippen LogP contribution in [0.4, 0.5) is 0 Å². The van der Waals surface area contributed by atoms with Gasteiger partial charge in [0, 0.05) is 15.0 Å². The molecular weight excluding hydrogens is 260 g/mol. The molecule has 0 atom stereocenters. The van der Waals surface area contributed by atoms with Gasteiger partial charge in [-0.05, 0) is 44.0 Å². The Bertz CT molecular complexity index is 215. The lowest BCUT2D eigenvalue weighted by Gasteiger charge is -1.99. The van der Waals surface area contributed by atoms with Gasteiger partial charge in [-0.1, -0.05) is 0 Å². The van der Waals surface area contributed by atoms with Crippen molar-refractivity contribution in [3.8, 4) is 5.75 Å². The molecule has 0 aromatic heterocycles. The number of methoxy groups -OCH3 is 1. The number of ether oxygens (including phenoxy) is 1. The molecule has 1 rings (SSSR count). The third-order valence-corrected chi connectivity index (χ3v) is 1.87. The van der Waals surface area contributed by atoms with Crippen LogP contribution in [0.1, 0.15) is 0 Å². The minimum atomic E-state index is 0.817. The summed E-state index contributed by atoms with van der Waals surface area (Å²) in [4.78, 5) is 0. The summed E-state index contributed by atoms with van der Waals surface area (Å²) in [6.45, 7) is 0. The fourth-order valence-electron chi connectivity index (χ4n) is 0.596. The Hall–Kier alpha value is -0.0200. The summed E-state index contributed by atoms with van der Waals surface area (Å²) >= 11 is 6.58. The van der Waals surface area contributed by atoms with Crippen molar-refractivity contribution < 1.29 is 4.74 Å². The predicted octanol–water partition coefficient (Wildman–Crippen LogP) is 3.02. The maximum Gasteiger partial charge on any atom is 0.121 e. The molecule has 1 radical (unpaired) electrons. The van der Waals surface area contributed by atoms with Gasteiger partial charge in [0.1, 0.15) is 5.75 Å². The van der Waals surface area contributed by atoms with Gasteiger partial charge in [0.05, 0.1) is 7.11 Å². The normalized spacial score (nSPS) is 9.50. The van der Waals surface area contributed by atoms with Crippen molar-refractivity contribution in [3.63, 3.8) is 0 Å². The molecule has 0 aliphatic heterocycles. The molecule has 0 unspecified atom stereocenters. The molecule has 0 fully saturated rings. The zero-order valence-electron chi connectivity index (χ0n) is 5.32. The van der Waals surface area contributed by atoms with Crippen LogP contribution < -0.4 is 4.74 Å². The summed E-state index contributed by atoms with van der Waals surface area (Å²) in [5, 5.41) is 0. The minimum Gasteiger partial charge on any atom is -0.497 e. The van der Waals surface area contributed by atoms with Crippen LogP contribution >= 0.6 is 31.9 Å². The second kappa shape index (κ2) is 3.39. The second-order valence-corrected chi connectivity index (χ2v) is 3.42. The summed E-state index contributed by atoms with van der Waals surface area (Å²) in [5.41, 5.74) is 0. The Morgan fingerprint density at radius 3 is 2.20 bits per heavy atom. The van der Waals surface area contributed by atoms with Gasteiger partial charge in [-0.2, -0.15) is 0 Å². The van der Waals surface area contributed by atoms with Gasteiger partial charge in [0.2, 0.25) is 0 Å². The molecule has 0 amide bonds. The second-order valence-electron chi connectivity index (χ2n) is 1.72. The molecule has 0 bridgehead atoms. The van der Waals surface area contributed by atoms with Crippen LogP contribution in [0.25, 0.3) is 0 Å². The molecule has 1 aromatic carbocycles. The standard InChI is InChI=1S/C7H5Br2O/c1-10-7-3-5(8)2-6(9)4-7/h3-4H,1H3. The summed E-state index contributed by atoms with van der Waals surface area (Å²) < 4.78 is 6.77. The van der Waals surface area contributed by atoms with Crippen LogP contribution in [0.2, 0.25) is 0 Å². The summed E-state index contributed by atoms with van der Waals surface area (Å²) in [7, 11) is 1.63. The molecule has 0 aliphatic rings. The van der Waals surface area contributed by atoms with Gasteiger partial charge in [-0.3, -0.25) is 0 Å². The number of hydrogen-bond donors (Lipinski definition) is 0. The van der Waals surface area contributed by atoms with E-state index in [1.807, 2.05) is 12.1 Å². The lowest BCUT2D eigenvalue weighted by atomic mass is 10.3. The molecule has 0 N–H and O–H groups in total. The topological polar surface area (TPSA) is 9.23 Å². The first kappa shape index (κ1) is 8.08. The van der Waals surface area contributed by atoms with Crippen molar-refractivity contribution in [2.45, 2.75) is 0 Å². The molecule has 0 saturated carbocycles. The molecule has 0 aliphatic carbocycles. The van der Waals surface area contributed by atoms with E-state index in [9.17, 15) is 0 Å². The third-order valence-electron chi connectivity index (χ3n) is 1.01. The quantitative estimate of drug-likeness (QED) is 0.758. The van der Waals surface area contributed by atoms with E-state index < -0.39 is 0 Å². The first-order valence-corrected chi connectivity index (χ1v) is 4.23. The van der Waals surface area contributed by atoms with E-state index in [-0.39, 0.29) is 0 Å². The van der Waals surface area contributed by atoms with Gasteiger partial charge in [0.25, 0.3) is 0 Å². The summed E-state index contributed by atoms with van der Waals surface area (Å²) in [6.07, 6.45) is 0. The largest absolute Gasteiger partial charge is 0.497 e. The Labute approximate surface area is 76.6 Å². The molecule has 1 nitrogen and oxygen atoms in total. The first-order valence-electron chi connectivity index (χ1n) is 2.65. The van der Waals surface area contributed by atoms with Crippen molar-refractivity contribution in [1.29, 1.82) is 0 Å². The number of benzene rings is 1. The van der Waals surface area contributed by atoms with E-state index in [0.717, 1.165) is 14.7 Å². The SMILES string of the molecule is COc1cc(Br)[c]c(Br)c1. The minimum absolute atomic E-state index is 0.817. The molecular formula is C7H5Br2O. The Balaban J connectivity index is 3.06. The van der Waals surface area contributed by atoms with Crippen molar-refractivity contribution in [1.82, 2.24) is 0 Å². The zero-order chi connectivity index (χ0) is 7.56.